The minimum absolute atomic E-state index is 0.759. The van der Waals surface area contributed by atoms with E-state index in [1.54, 1.807) is 11.3 Å². The summed E-state index contributed by atoms with van der Waals surface area (Å²) in [6.45, 7) is 4.99. The summed E-state index contributed by atoms with van der Waals surface area (Å²) in [7, 11) is 0. The maximum atomic E-state index is 5.88. The van der Waals surface area contributed by atoms with E-state index in [9.17, 15) is 0 Å². The van der Waals surface area contributed by atoms with E-state index in [1.165, 1.54) is 21.4 Å². The number of hydrogen-bond donors (Lipinski definition) is 1. The molecule has 0 unspecified atom stereocenters. The summed E-state index contributed by atoms with van der Waals surface area (Å²) in [5, 5.41) is 5.11. The number of fused-ring (bicyclic) bond motifs is 1. The Morgan fingerprint density at radius 2 is 1.90 bits per heavy atom. The molecule has 0 bridgehead atoms. The highest BCUT2D eigenvalue weighted by molar-refractivity contribution is 7.22. The first kappa shape index (κ1) is 13.4. The maximum Gasteiger partial charge on any atom is 0.184 e. The molecule has 0 atom stereocenters. The van der Waals surface area contributed by atoms with Crippen molar-refractivity contribution < 1.29 is 0 Å². The van der Waals surface area contributed by atoms with Crippen LogP contribution in [0.3, 0.4) is 0 Å². The van der Waals surface area contributed by atoms with Gasteiger partial charge in [-0.3, -0.25) is 0 Å². The van der Waals surface area contributed by atoms with Crippen LogP contribution < -0.4 is 5.32 Å². The summed E-state index contributed by atoms with van der Waals surface area (Å²) in [5.74, 6) is 0. The van der Waals surface area contributed by atoms with Crippen molar-refractivity contribution in [3.05, 3.63) is 58.1 Å². The van der Waals surface area contributed by atoms with Gasteiger partial charge in [-0.1, -0.05) is 41.1 Å². The van der Waals surface area contributed by atoms with Crippen molar-refractivity contribution >= 4 is 38.3 Å². The smallest absolute Gasteiger partial charge is 0.184 e. The van der Waals surface area contributed by atoms with Crippen molar-refractivity contribution in [2.24, 2.45) is 0 Å². The van der Waals surface area contributed by atoms with Gasteiger partial charge in [0.25, 0.3) is 0 Å². The Hall–Kier alpha value is -1.58. The predicted molar refractivity (Wildman–Crippen MR) is 87.9 cm³/mol. The van der Waals surface area contributed by atoms with Gasteiger partial charge in [0, 0.05) is 11.6 Å². The van der Waals surface area contributed by atoms with Crippen LogP contribution in [0.1, 0.15) is 16.7 Å². The highest BCUT2D eigenvalue weighted by atomic mass is 35.5. The summed E-state index contributed by atoms with van der Waals surface area (Å²) in [5.41, 5.74) is 4.81. The monoisotopic (exact) mass is 302 g/mol. The first-order valence-electron chi connectivity index (χ1n) is 6.48. The zero-order chi connectivity index (χ0) is 14.1. The molecule has 0 saturated carbocycles. The third-order valence-electron chi connectivity index (χ3n) is 3.19. The van der Waals surface area contributed by atoms with Crippen LogP contribution in [0.2, 0.25) is 5.02 Å². The van der Waals surface area contributed by atoms with Crippen LogP contribution in [-0.2, 0) is 6.54 Å². The normalized spacial score (nSPS) is 10.9. The molecule has 3 aromatic rings. The largest absolute Gasteiger partial charge is 0.357 e. The molecule has 1 aromatic heterocycles. The first-order chi connectivity index (χ1) is 9.61. The van der Waals surface area contributed by atoms with Gasteiger partial charge < -0.3 is 5.32 Å². The molecule has 0 spiro atoms. The molecule has 0 fully saturated rings. The lowest BCUT2D eigenvalue weighted by molar-refractivity contribution is 1.14. The van der Waals surface area contributed by atoms with Gasteiger partial charge in [-0.25, -0.2) is 4.98 Å². The van der Waals surface area contributed by atoms with Crippen molar-refractivity contribution in [3.63, 3.8) is 0 Å². The fraction of sp³-hybridized carbons (Fsp3) is 0.188. The van der Waals surface area contributed by atoms with Crippen LogP contribution in [0.5, 0.6) is 0 Å². The van der Waals surface area contributed by atoms with Gasteiger partial charge in [0.1, 0.15) is 0 Å². The van der Waals surface area contributed by atoms with Crippen LogP contribution in [-0.4, -0.2) is 4.98 Å². The summed E-state index contributed by atoms with van der Waals surface area (Å²) in [6.07, 6.45) is 0. The molecule has 2 aromatic carbocycles. The second kappa shape index (κ2) is 5.43. The molecular weight excluding hydrogens is 288 g/mol. The van der Waals surface area contributed by atoms with Gasteiger partial charge in [0.2, 0.25) is 0 Å². The number of anilines is 1. The quantitative estimate of drug-likeness (QED) is 0.721. The van der Waals surface area contributed by atoms with E-state index < -0.39 is 0 Å². The fourth-order valence-electron chi connectivity index (χ4n) is 2.23. The van der Waals surface area contributed by atoms with Gasteiger partial charge in [-0.15, -0.1) is 0 Å². The molecule has 102 valence electrons. The summed E-state index contributed by atoms with van der Waals surface area (Å²) in [6, 6.07) is 12.2. The molecule has 4 heteroatoms. The number of hydrogen-bond acceptors (Lipinski definition) is 3. The van der Waals surface area contributed by atoms with E-state index in [-0.39, 0.29) is 0 Å². The molecular formula is C16H15ClN2S. The van der Waals surface area contributed by atoms with E-state index in [2.05, 4.69) is 36.3 Å². The lowest BCUT2D eigenvalue weighted by atomic mass is 10.1. The maximum absolute atomic E-state index is 5.88. The highest BCUT2D eigenvalue weighted by Crippen LogP contribution is 2.29. The zero-order valence-corrected chi connectivity index (χ0v) is 13.0. The number of benzene rings is 2. The van der Waals surface area contributed by atoms with E-state index in [0.717, 1.165) is 22.2 Å². The zero-order valence-electron chi connectivity index (χ0n) is 11.4. The summed E-state index contributed by atoms with van der Waals surface area (Å²) < 4.78 is 1.24. The Labute approximate surface area is 127 Å². The number of nitrogens with one attached hydrogen (secondary N) is 1. The van der Waals surface area contributed by atoms with E-state index in [0.29, 0.717) is 0 Å². The number of rotatable bonds is 3. The van der Waals surface area contributed by atoms with E-state index >= 15 is 0 Å². The molecule has 0 amide bonds. The van der Waals surface area contributed by atoms with E-state index in [4.69, 9.17) is 11.6 Å². The molecule has 0 aliphatic rings. The topological polar surface area (TPSA) is 24.9 Å². The molecule has 1 heterocycles. The number of nitrogens with zero attached hydrogens (tertiary/aromatic N) is 1. The Bertz CT molecular complexity index is 747. The molecule has 2 nitrogen and oxygen atoms in total. The lowest BCUT2D eigenvalue weighted by Crippen LogP contribution is -1.98. The van der Waals surface area contributed by atoms with Gasteiger partial charge in [0.15, 0.2) is 5.13 Å². The van der Waals surface area contributed by atoms with Crippen LogP contribution in [0.4, 0.5) is 5.13 Å². The molecule has 3 rings (SSSR count). The Morgan fingerprint density at radius 3 is 2.65 bits per heavy atom. The standard InChI is InChI=1S/C16H15ClN2S/c1-10-7-11(2)15-14(8-10)20-16(19-15)18-9-12-3-5-13(17)6-4-12/h3-8H,9H2,1-2H3,(H,18,19). The SMILES string of the molecule is Cc1cc(C)c2nc(NCc3ccc(Cl)cc3)sc2c1. The third kappa shape index (κ3) is 2.79. The third-order valence-corrected chi connectivity index (χ3v) is 4.40. The van der Waals surface area contributed by atoms with Crippen LogP contribution in [0.25, 0.3) is 10.2 Å². The Morgan fingerprint density at radius 1 is 1.15 bits per heavy atom. The fourth-order valence-corrected chi connectivity index (χ4v) is 3.39. The van der Waals surface area contributed by atoms with Gasteiger partial charge >= 0.3 is 0 Å². The van der Waals surface area contributed by atoms with Gasteiger partial charge in [-0.2, -0.15) is 0 Å². The summed E-state index contributed by atoms with van der Waals surface area (Å²) >= 11 is 7.58. The number of aryl methyl sites for hydroxylation is 2. The minimum atomic E-state index is 0.759. The van der Waals surface area contributed by atoms with Crippen molar-refractivity contribution in [3.8, 4) is 0 Å². The molecule has 0 aliphatic carbocycles. The Kier molecular flexibility index (Phi) is 3.64. The average Bonchev–Trinajstić information content (AvgIpc) is 2.81. The molecule has 0 aliphatic heterocycles. The second-order valence-corrected chi connectivity index (χ2v) is 6.39. The van der Waals surface area contributed by atoms with Crippen molar-refractivity contribution in [2.75, 3.05) is 5.32 Å². The lowest BCUT2D eigenvalue weighted by Gasteiger charge is -2.02. The van der Waals surface area contributed by atoms with E-state index in [1.807, 2.05) is 24.3 Å². The average molecular weight is 303 g/mol. The highest BCUT2D eigenvalue weighted by Gasteiger charge is 2.06. The van der Waals surface area contributed by atoms with Crippen molar-refractivity contribution in [1.29, 1.82) is 0 Å². The van der Waals surface area contributed by atoms with Gasteiger partial charge in [-0.05, 0) is 48.7 Å². The molecule has 0 saturated heterocycles. The van der Waals surface area contributed by atoms with Gasteiger partial charge in [0.05, 0.1) is 10.2 Å². The number of halogens is 1. The van der Waals surface area contributed by atoms with Crippen LogP contribution in [0, 0.1) is 13.8 Å². The predicted octanol–water partition coefficient (Wildman–Crippen LogP) is 5.18. The molecule has 20 heavy (non-hydrogen) atoms. The van der Waals surface area contributed by atoms with Crippen LogP contribution >= 0.6 is 22.9 Å². The number of thiazole rings is 1. The second-order valence-electron chi connectivity index (χ2n) is 4.93. The number of aromatic nitrogens is 1. The Balaban J connectivity index is 1.81. The molecule has 1 N–H and O–H groups in total. The minimum Gasteiger partial charge on any atom is -0.357 e. The first-order valence-corrected chi connectivity index (χ1v) is 7.67. The molecule has 0 radical (unpaired) electrons. The van der Waals surface area contributed by atoms with Crippen molar-refractivity contribution in [2.45, 2.75) is 20.4 Å². The summed E-state index contributed by atoms with van der Waals surface area (Å²) in [4.78, 5) is 4.67. The van der Waals surface area contributed by atoms with Crippen LogP contribution in [0.15, 0.2) is 36.4 Å². The van der Waals surface area contributed by atoms with Crippen molar-refractivity contribution in [1.82, 2.24) is 4.98 Å².